The first-order chi connectivity index (χ1) is 14.1. The highest BCUT2D eigenvalue weighted by Crippen LogP contribution is 2.25. The van der Waals surface area contributed by atoms with Crippen molar-refractivity contribution >= 4 is 22.7 Å². The fourth-order valence-corrected chi connectivity index (χ4v) is 3.19. The second-order valence-electron chi connectivity index (χ2n) is 6.80. The van der Waals surface area contributed by atoms with Crippen LogP contribution in [-0.2, 0) is 4.79 Å². The molecule has 1 aliphatic heterocycles. The van der Waals surface area contributed by atoms with Crippen LogP contribution >= 0.6 is 0 Å². The standard InChI is InChI=1S/C22H18N4O3/c23-13-14-1-4-17(5-2-14)29-18-6-8-19-15(11-18)3-7-20(26-19)22(28)25-16-9-10-24-21(27)12-16/h1-8,11,16H,9-10,12H2,(H,24,27)(H,25,28)/t16-/m0/s1. The Labute approximate surface area is 167 Å². The fraction of sp³-hybridized carbons (Fsp3) is 0.182. The summed E-state index contributed by atoms with van der Waals surface area (Å²) in [5.74, 6) is 0.922. The molecule has 144 valence electrons. The monoisotopic (exact) mass is 386 g/mol. The van der Waals surface area contributed by atoms with E-state index >= 15 is 0 Å². The molecule has 1 aromatic heterocycles. The molecule has 4 rings (SSSR count). The molecule has 2 N–H and O–H groups in total. The summed E-state index contributed by atoms with van der Waals surface area (Å²) >= 11 is 0. The number of nitrogens with one attached hydrogen (secondary N) is 2. The number of hydrogen-bond acceptors (Lipinski definition) is 5. The number of benzene rings is 2. The lowest BCUT2D eigenvalue weighted by atomic mass is 10.1. The molecule has 0 radical (unpaired) electrons. The van der Waals surface area contributed by atoms with Crippen molar-refractivity contribution in [3.8, 4) is 17.6 Å². The van der Waals surface area contributed by atoms with Gasteiger partial charge in [0, 0.05) is 24.4 Å². The highest BCUT2D eigenvalue weighted by atomic mass is 16.5. The van der Waals surface area contributed by atoms with Crippen molar-refractivity contribution in [2.45, 2.75) is 18.9 Å². The molecule has 29 heavy (non-hydrogen) atoms. The Morgan fingerprint density at radius 3 is 2.69 bits per heavy atom. The maximum atomic E-state index is 12.5. The first kappa shape index (κ1) is 18.4. The average molecular weight is 386 g/mol. The average Bonchev–Trinajstić information content (AvgIpc) is 2.74. The number of hydrogen-bond donors (Lipinski definition) is 2. The minimum atomic E-state index is -0.287. The normalized spacial score (nSPS) is 16.0. The zero-order chi connectivity index (χ0) is 20.2. The SMILES string of the molecule is N#Cc1ccc(Oc2ccc3nc(C(=O)N[C@H]4CCNC(=O)C4)ccc3c2)cc1. The number of piperidine rings is 1. The van der Waals surface area contributed by atoms with E-state index in [1.165, 1.54) is 0 Å². The van der Waals surface area contributed by atoms with Gasteiger partial charge in [-0.1, -0.05) is 6.07 Å². The van der Waals surface area contributed by atoms with Crippen molar-refractivity contribution in [2.24, 2.45) is 0 Å². The van der Waals surface area contributed by atoms with E-state index in [4.69, 9.17) is 10.00 Å². The molecule has 2 heterocycles. The summed E-state index contributed by atoms with van der Waals surface area (Å²) in [6.07, 6.45) is 0.997. The molecule has 3 aromatic rings. The molecule has 0 unspecified atom stereocenters. The van der Waals surface area contributed by atoms with Crippen LogP contribution in [0.1, 0.15) is 28.9 Å². The van der Waals surface area contributed by atoms with Crippen LogP contribution in [-0.4, -0.2) is 29.4 Å². The van der Waals surface area contributed by atoms with Crippen LogP contribution in [0, 0.1) is 11.3 Å². The molecule has 1 saturated heterocycles. The molecular weight excluding hydrogens is 368 g/mol. The molecule has 7 heteroatoms. The lowest BCUT2D eigenvalue weighted by molar-refractivity contribution is -0.122. The van der Waals surface area contributed by atoms with Crippen molar-refractivity contribution in [3.63, 3.8) is 0 Å². The van der Waals surface area contributed by atoms with Gasteiger partial charge in [0.2, 0.25) is 5.91 Å². The van der Waals surface area contributed by atoms with Crippen LogP contribution in [0.15, 0.2) is 54.6 Å². The van der Waals surface area contributed by atoms with Gasteiger partial charge in [0.1, 0.15) is 17.2 Å². The molecule has 0 aliphatic carbocycles. The van der Waals surface area contributed by atoms with Gasteiger partial charge >= 0.3 is 0 Å². The maximum Gasteiger partial charge on any atom is 0.270 e. The Hall–Kier alpha value is -3.92. The number of aromatic nitrogens is 1. The number of nitrogens with zero attached hydrogens (tertiary/aromatic N) is 2. The Balaban J connectivity index is 1.48. The molecule has 0 bridgehead atoms. The van der Waals surface area contributed by atoms with E-state index in [1.807, 2.05) is 12.1 Å². The van der Waals surface area contributed by atoms with Crippen molar-refractivity contribution in [1.29, 1.82) is 5.26 Å². The minimum Gasteiger partial charge on any atom is -0.457 e. The van der Waals surface area contributed by atoms with E-state index in [-0.39, 0.29) is 24.3 Å². The zero-order valence-corrected chi connectivity index (χ0v) is 15.5. The lowest BCUT2D eigenvalue weighted by Crippen LogP contribution is -2.45. The summed E-state index contributed by atoms with van der Waals surface area (Å²) in [4.78, 5) is 28.4. The third kappa shape index (κ3) is 4.33. The predicted molar refractivity (Wildman–Crippen MR) is 106 cm³/mol. The van der Waals surface area contributed by atoms with Gasteiger partial charge in [-0.05, 0) is 55.0 Å². The van der Waals surface area contributed by atoms with Gasteiger partial charge in [0.25, 0.3) is 5.91 Å². The van der Waals surface area contributed by atoms with Crippen LogP contribution in [0.2, 0.25) is 0 Å². The van der Waals surface area contributed by atoms with E-state index in [1.54, 1.807) is 42.5 Å². The van der Waals surface area contributed by atoms with Gasteiger partial charge in [-0.3, -0.25) is 9.59 Å². The Kier molecular flexibility index (Phi) is 5.08. The summed E-state index contributed by atoms with van der Waals surface area (Å²) in [5, 5.41) is 15.3. The van der Waals surface area contributed by atoms with E-state index in [0.29, 0.717) is 41.2 Å². The Bertz CT molecular complexity index is 1120. The predicted octanol–water partition coefficient (Wildman–Crippen LogP) is 2.91. The van der Waals surface area contributed by atoms with Crippen LogP contribution in [0.4, 0.5) is 0 Å². The first-order valence-corrected chi connectivity index (χ1v) is 9.27. The lowest BCUT2D eigenvalue weighted by Gasteiger charge is -2.22. The zero-order valence-electron chi connectivity index (χ0n) is 15.5. The van der Waals surface area contributed by atoms with Crippen LogP contribution in [0.5, 0.6) is 11.5 Å². The van der Waals surface area contributed by atoms with E-state index < -0.39 is 0 Å². The number of ether oxygens (including phenoxy) is 1. The number of rotatable bonds is 4. The molecule has 2 aromatic carbocycles. The number of carbonyl (C=O) groups excluding carboxylic acids is 2. The van der Waals surface area contributed by atoms with Crippen molar-refractivity contribution in [1.82, 2.24) is 15.6 Å². The largest absolute Gasteiger partial charge is 0.457 e. The second-order valence-corrected chi connectivity index (χ2v) is 6.80. The highest BCUT2D eigenvalue weighted by Gasteiger charge is 2.21. The topological polar surface area (TPSA) is 104 Å². The highest BCUT2D eigenvalue weighted by molar-refractivity contribution is 5.95. The van der Waals surface area contributed by atoms with Crippen LogP contribution in [0.25, 0.3) is 10.9 Å². The van der Waals surface area contributed by atoms with Gasteiger partial charge < -0.3 is 15.4 Å². The summed E-state index contributed by atoms with van der Waals surface area (Å²) in [5.41, 5.74) is 1.55. The Morgan fingerprint density at radius 2 is 1.93 bits per heavy atom. The number of nitriles is 1. The number of carbonyl (C=O) groups is 2. The summed E-state index contributed by atoms with van der Waals surface area (Å²) in [7, 11) is 0. The minimum absolute atomic E-state index is 0.0530. The van der Waals surface area contributed by atoms with Gasteiger partial charge in [-0.2, -0.15) is 5.26 Å². The van der Waals surface area contributed by atoms with Crippen molar-refractivity contribution in [3.05, 3.63) is 65.9 Å². The molecule has 0 saturated carbocycles. The molecule has 2 amide bonds. The third-order valence-electron chi connectivity index (χ3n) is 4.69. The number of amides is 2. The molecular formula is C22H18N4O3. The number of fused-ring (bicyclic) bond motifs is 1. The third-order valence-corrected chi connectivity index (χ3v) is 4.69. The summed E-state index contributed by atoms with van der Waals surface area (Å²) < 4.78 is 5.82. The van der Waals surface area contributed by atoms with Gasteiger partial charge in [-0.15, -0.1) is 0 Å². The quantitative estimate of drug-likeness (QED) is 0.717. The van der Waals surface area contributed by atoms with E-state index in [2.05, 4.69) is 21.7 Å². The second kappa shape index (κ2) is 7.98. The van der Waals surface area contributed by atoms with E-state index in [0.717, 1.165) is 5.39 Å². The van der Waals surface area contributed by atoms with Crippen molar-refractivity contribution in [2.75, 3.05) is 6.54 Å². The fourth-order valence-electron chi connectivity index (χ4n) is 3.19. The van der Waals surface area contributed by atoms with Gasteiger partial charge in [-0.25, -0.2) is 4.98 Å². The summed E-state index contributed by atoms with van der Waals surface area (Å²) in [6, 6.07) is 17.6. The first-order valence-electron chi connectivity index (χ1n) is 9.27. The van der Waals surface area contributed by atoms with E-state index in [9.17, 15) is 9.59 Å². The number of pyridine rings is 1. The molecule has 0 spiro atoms. The van der Waals surface area contributed by atoms with Crippen LogP contribution in [0.3, 0.4) is 0 Å². The van der Waals surface area contributed by atoms with Gasteiger partial charge in [0.15, 0.2) is 0 Å². The molecule has 1 aliphatic rings. The smallest absolute Gasteiger partial charge is 0.270 e. The molecule has 7 nitrogen and oxygen atoms in total. The molecule has 1 fully saturated rings. The maximum absolute atomic E-state index is 12.5. The van der Waals surface area contributed by atoms with Crippen LogP contribution < -0.4 is 15.4 Å². The van der Waals surface area contributed by atoms with Gasteiger partial charge in [0.05, 0.1) is 17.1 Å². The summed E-state index contributed by atoms with van der Waals surface area (Å²) in [6.45, 7) is 0.566. The Morgan fingerprint density at radius 1 is 1.14 bits per heavy atom. The van der Waals surface area contributed by atoms with Crippen molar-refractivity contribution < 1.29 is 14.3 Å². The molecule has 1 atom stereocenters.